The topological polar surface area (TPSA) is 106 Å². The Morgan fingerprint density at radius 2 is 2.14 bits per heavy atom. The van der Waals surface area contributed by atoms with Gasteiger partial charge in [0, 0.05) is 38.1 Å². The predicted octanol–water partition coefficient (Wildman–Crippen LogP) is 2.13. The monoisotopic (exact) mass is 416 g/mol. The fourth-order valence-corrected chi connectivity index (χ4v) is 4.14. The summed E-state index contributed by atoms with van der Waals surface area (Å²) in [7, 11) is 3.11. The summed E-state index contributed by atoms with van der Waals surface area (Å²) in [6.07, 6.45) is 2.30. The Bertz CT molecular complexity index is 978. The summed E-state index contributed by atoms with van der Waals surface area (Å²) < 4.78 is 10.5. The number of carbonyl (C=O) groups is 1. The van der Waals surface area contributed by atoms with Gasteiger partial charge in [-0.05, 0) is 31.0 Å². The Hall–Kier alpha value is -2.62. The Morgan fingerprint density at radius 3 is 2.79 bits per heavy atom. The molecule has 0 bridgehead atoms. The van der Waals surface area contributed by atoms with Gasteiger partial charge in [0.05, 0.1) is 17.4 Å². The minimum atomic E-state index is -0.208. The lowest BCUT2D eigenvalue weighted by atomic mass is 10.0. The third-order valence-electron chi connectivity index (χ3n) is 4.51. The van der Waals surface area contributed by atoms with Gasteiger partial charge < -0.3 is 19.9 Å². The molecule has 3 aromatic rings. The highest BCUT2D eigenvalue weighted by molar-refractivity contribution is 7.20. The fourth-order valence-electron chi connectivity index (χ4n) is 3.04. The normalized spacial score (nSPS) is 12.1. The molecule has 3 rings (SSSR count). The summed E-state index contributed by atoms with van der Waals surface area (Å²) in [4.78, 5) is 27.1. The Morgan fingerprint density at radius 1 is 1.31 bits per heavy atom. The van der Waals surface area contributed by atoms with E-state index in [9.17, 15) is 9.90 Å². The maximum Gasteiger partial charge on any atom is 0.261 e. The van der Waals surface area contributed by atoms with Crippen LogP contribution >= 0.6 is 11.3 Å². The van der Waals surface area contributed by atoms with Gasteiger partial charge in [0.15, 0.2) is 5.82 Å². The van der Waals surface area contributed by atoms with E-state index < -0.39 is 0 Å². The first kappa shape index (κ1) is 21.1. The number of pyridine rings is 1. The molecule has 0 saturated carbocycles. The smallest absolute Gasteiger partial charge is 0.261 e. The van der Waals surface area contributed by atoms with E-state index in [0.29, 0.717) is 34.4 Å². The largest absolute Gasteiger partial charge is 0.480 e. The van der Waals surface area contributed by atoms with Gasteiger partial charge in [-0.25, -0.2) is 4.98 Å². The summed E-state index contributed by atoms with van der Waals surface area (Å²) in [6.45, 7) is 2.42. The van der Waals surface area contributed by atoms with Crippen LogP contribution in [0.1, 0.15) is 26.8 Å². The zero-order chi connectivity index (χ0) is 20.8. The van der Waals surface area contributed by atoms with Gasteiger partial charge in [-0.1, -0.05) is 6.07 Å². The minimum absolute atomic E-state index is 0.0398. The summed E-state index contributed by atoms with van der Waals surface area (Å²) in [5.74, 6) is 0.602. The van der Waals surface area contributed by atoms with Crippen molar-refractivity contribution < 1.29 is 19.4 Å². The van der Waals surface area contributed by atoms with Gasteiger partial charge in [0.2, 0.25) is 5.88 Å². The lowest BCUT2D eigenvalue weighted by molar-refractivity contribution is 0.0943. The van der Waals surface area contributed by atoms with Crippen molar-refractivity contribution in [3.63, 3.8) is 0 Å². The third-order valence-corrected chi connectivity index (χ3v) is 5.69. The first-order chi connectivity index (χ1) is 14.1. The van der Waals surface area contributed by atoms with E-state index >= 15 is 0 Å². The SMILES string of the molecule is COCc1nc(OC)c2c(C)c(C(=O)NC[C@H](CO)Cc3ccccn3)sc2n1. The lowest BCUT2D eigenvalue weighted by Gasteiger charge is -2.14. The van der Waals surface area contributed by atoms with E-state index in [1.165, 1.54) is 11.3 Å². The molecule has 0 fully saturated rings. The van der Waals surface area contributed by atoms with Crippen LogP contribution in [-0.2, 0) is 17.8 Å². The molecule has 0 radical (unpaired) electrons. The number of thiophene rings is 1. The molecule has 0 aliphatic heterocycles. The average Bonchev–Trinajstić information content (AvgIpc) is 3.07. The molecule has 29 heavy (non-hydrogen) atoms. The lowest BCUT2D eigenvalue weighted by Crippen LogP contribution is -2.31. The number of hydrogen-bond acceptors (Lipinski definition) is 8. The molecule has 3 heterocycles. The highest BCUT2D eigenvalue weighted by Gasteiger charge is 2.22. The van der Waals surface area contributed by atoms with Gasteiger partial charge in [-0.2, -0.15) is 4.98 Å². The molecular formula is C20H24N4O4S. The van der Waals surface area contributed by atoms with Crippen LogP contribution in [0, 0.1) is 12.8 Å². The summed E-state index contributed by atoms with van der Waals surface area (Å²) in [5.41, 5.74) is 1.65. The van der Waals surface area contributed by atoms with E-state index in [1.807, 2.05) is 25.1 Å². The Kier molecular flexibility index (Phi) is 7.08. The second-order valence-corrected chi connectivity index (χ2v) is 7.60. The standard InChI is InChI=1S/C20H24N4O4S/c1-12-16-19(28-3)23-15(11-27-2)24-20(16)29-17(12)18(26)22-9-13(10-25)8-14-6-4-5-7-21-14/h4-7,13,25H,8-11H2,1-3H3,(H,22,26)/t13-/m1/s1. The van der Waals surface area contributed by atoms with Crippen molar-refractivity contribution in [2.24, 2.45) is 5.92 Å². The van der Waals surface area contributed by atoms with Gasteiger partial charge in [0.25, 0.3) is 5.91 Å². The van der Waals surface area contributed by atoms with Crippen molar-refractivity contribution in [1.82, 2.24) is 20.3 Å². The molecule has 0 unspecified atom stereocenters. The molecule has 0 aromatic carbocycles. The van der Waals surface area contributed by atoms with E-state index in [-0.39, 0.29) is 25.0 Å². The van der Waals surface area contributed by atoms with Crippen molar-refractivity contribution in [3.8, 4) is 5.88 Å². The third kappa shape index (κ3) is 4.87. The van der Waals surface area contributed by atoms with Gasteiger partial charge in [0.1, 0.15) is 11.4 Å². The number of aliphatic hydroxyl groups is 1. The van der Waals surface area contributed by atoms with Gasteiger partial charge in [-0.3, -0.25) is 9.78 Å². The molecule has 3 aromatic heterocycles. The fraction of sp³-hybridized carbons (Fsp3) is 0.400. The summed E-state index contributed by atoms with van der Waals surface area (Å²) >= 11 is 1.29. The van der Waals surface area contributed by atoms with Crippen LogP contribution in [0.3, 0.4) is 0 Å². The quantitative estimate of drug-likeness (QED) is 0.550. The molecule has 1 atom stereocenters. The second-order valence-electron chi connectivity index (χ2n) is 6.60. The summed E-state index contributed by atoms with van der Waals surface area (Å²) in [5, 5.41) is 13.3. The van der Waals surface area contributed by atoms with Crippen LogP contribution in [0.4, 0.5) is 0 Å². The van der Waals surface area contributed by atoms with Crippen molar-refractivity contribution in [3.05, 3.63) is 46.4 Å². The van der Waals surface area contributed by atoms with Crippen LogP contribution in [0.25, 0.3) is 10.2 Å². The number of nitrogens with one attached hydrogen (secondary N) is 1. The van der Waals surface area contributed by atoms with E-state index in [2.05, 4.69) is 20.3 Å². The molecule has 0 aliphatic rings. The molecule has 154 valence electrons. The van der Waals surface area contributed by atoms with Crippen molar-refractivity contribution >= 4 is 27.5 Å². The van der Waals surface area contributed by atoms with Crippen molar-refractivity contribution in [2.45, 2.75) is 20.0 Å². The number of fused-ring (bicyclic) bond motifs is 1. The molecule has 0 saturated heterocycles. The maximum atomic E-state index is 12.8. The van der Waals surface area contributed by atoms with Gasteiger partial charge >= 0.3 is 0 Å². The Labute approximate surface area is 172 Å². The number of amides is 1. The van der Waals surface area contributed by atoms with E-state index in [1.54, 1.807) is 20.4 Å². The Balaban J connectivity index is 1.77. The van der Waals surface area contributed by atoms with E-state index in [4.69, 9.17) is 9.47 Å². The molecule has 2 N–H and O–H groups in total. The molecule has 0 spiro atoms. The number of aliphatic hydroxyl groups excluding tert-OH is 1. The zero-order valence-electron chi connectivity index (χ0n) is 16.6. The second kappa shape index (κ2) is 9.73. The molecule has 8 nitrogen and oxygen atoms in total. The first-order valence-corrected chi connectivity index (χ1v) is 10.0. The number of hydrogen-bond donors (Lipinski definition) is 2. The van der Waals surface area contributed by atoms with Crippen LogP contribution in [0.15, 0.2) is 24.4 Å². The van der Waals surface area contributed by atoms with Gasteiger partial charge in [-0.15, -0.1) is 11.3 Å². The molecular weight excluding hydrogens is 392 g/mol. The highest BCUT2D eigenvalue weighted by atomic mass is 32.1. The number of aromatic nitrogens is 3. The predicted molar refractivity (Wildman–Crippen MR) is 110 cm³/mol. The minimum Gasteiger partial charge on any atom is -0.480 e. The van der Waals surface area contributed by atoms with Crippen LogP contribution in [0.5, 0.6) is 5.88 Å². The number of nitrogens with zero attached hydrogens (tertiary/aromatic N) is 3. The maximum absolute atomic E-state index is 12.8. The molecule has 9 heteroatoms. The number of carbonyl (C=O) groups excluding carboxylic acids is 1. The number of aryl methyl sites for hydroxylation is 1. The first-order valence-electron chi connectivity index (χ1n) is 9.19. The van der Waals surface area contributed by atoms with Crippen molar-refractivity contribution in [1.29, 1.82) is 0 Å². The van der Waals surface area contributed by atoms with E-state index in [0.717, 1.165) is 16.6 Å². The molecule has 0 aliphatic carbocycles. The molecule has 1 amide bonds. The van der Waals surface area contributed by atoms with Crippen LogP contribution in [-0.4, -0.2) is 53.3 Å². The highest BCUT2D eigenvalue weighted by Crippen LogP contribution is 2.35. The number of methoxy groups -OCH3 is 2. The van der Waals surface area contributed by atoms with Crippen LogP contribution in [0.2, 0.25) is 0 Å². The average molecular weight is 417 g/mol. The van der Waals surface area contributed by atoms with Crippen molar-refractivity contribution in [2.75, 3.05) is 27.4 Å². The van der Waals surface area contributed by atoms with Crippen LogP contribution < -0.4 is 10.1 Å². The zero-order valence-corrected chi connectivity index (χ0v) is 17.5. The number of rotatable bonds is 9. The number of ether oxygens (including phenoxy) is 2. The summed E-state index contributed by atoms with van der Waals surface area (Å²) in [6, 6.07) is 5.66.